The van der Waals surface area contributed by atoms with Gasteiger partial charge in [-0.05, 0) is 5.92 Å². The largest absolute Gasteiger partial charge is 0.389 e. The Hall–Kier alpha value is -0.120. The summed E-state index contributed by atoms with van der Waals surface area (Å²) in [6.07, 6.45) is -0.0232. The minimum atomic E-state index is -0.282. The zero-order chi connectivity index (χ0) is 7.14. The molecule has 2 N–H and O–H groups in total. The molecule has 2 heterocycles. The minimum Gasteiger partial charge on any atom is -0.389 e. The second kappa shape index (κ2) is 2.19. The number of hydrogen-bond acceptors (Lipinski definition) is 3. The lowest BCUT2D eigenvalue weighted by molar-refractivity contribution is 0.0674. The number of fused-ring (bicyclic) bond motifs is 1. The summed E-state index contributed by atoms with van der Waals surface area (Å²) in [6, 6.07) is 0.204. The predicted molar refractivity (Wildman–Crippen MR) is 36.7 cm³/mol. The maximum absolute atomic E-state index is 9.33. The van der Waals surface area contributed by atoms with Crippen molar-refractivity contribution < 1.29 is 9.84 Å². The van der Waals surface area contributed by atoms with Crippen molar-refractivity contribution in [3.8, 4) is 0 Å². The van der Waals surface area contributed by atoms with Crippen LogP contribution in [0.3, 0.4) is 0 Å². The molecular formula is C7H13NO2. The fourth-order valence-corrected chi connectivity index (χ4v) is 1.84. The number of aliphatic hydroxyl groups excluding tert-OH is 1. The first kappa shape index (κ1) is 6.58. The second-order valence-corrected chi connectivity index (χ2v) is 3.28. The third-order valence-electron chi connectivity index (χ3n) is 2.46. The van der Waals surface area contributed by atoms with Gasteiger partial charge in [0, 0.05) is 6.54 Å². The lowest BCUT2D eigenvalue weighted by Gasteiger charge is -2.11. The van der Waals surface area contributed by atoms with Gasteiger partial charge in [-0.2, -0.15) is 0 Å². The standard InChI is InChI=1S/C7H13NO2/c1-4-2-8-6-5(9)3-10-7(4)6/h4-9H,2-3H2,1H3. The van der Waals surface area contributed by atoms with E-state index < -0.39 is 0 Å². The van der Waals surface area contributed by atoms with Gasteiger partial charge in [-0.3, -0.25) is 0 Å². The Bertz CT molecular complexity index is 124. The van der Waals surface area contributed by atoms with Crippen LogP contribution in [-0.4, -0.2) is 36.5 Å². The van der Waals surface area contributed by atoms with E-state index in [1.807, 2.05) is 0 Å². The van der Waals surface area contributed by atoms with Crippen LogP contribution in [0.2, 0.25) is 0 Å². The van der Waals surface area contributed by atoms with Gasteiger partial charge in [0.1, 0.15) is 0 Å². The lowest BCUT2D eigenvalue weighted by atomic mass is 10.0. The number of rotatable bonds is 0. The van der Waals surface area contributed by atoms with Gasteiger partial charge in [-0.15, -0.1) is 0 Å². The average molecular weight is 143 g/mol. The summed E-state index contributed by atoms with van der Waals surface area (Å²) in [7, 11) is 0. The summed E-state index contributed by atoms with van der Waals surface area (Å²) in [6.45, 7) is 3.63. The van der Waals surface area contributed by atoms with Crippen molar-refractivity contribution >= 4 is 0 Å². The van der Waals surface area contributed by atoms with Crippen LogP contribution in [0.4, 0.5) is 0 Å². The van der Waals surface area contributed by atoms with Crippen molar-refractivity contribution in [2.24, 2.45) is 5.92 Å². The third kappa shape index (κ3) is 0.779. The molecule has 3 heteroatoms. The van der Waals surface area contributed by atoms with Gasteiger partial charge < -0.3 is 15.2 Å². The van der Waals surface area contributed by atoms with Crippen molar-refractivity contribution in [3.63, 3.8) is 0 Å². The van der Waals surface area contributed by atoms with Gasteiger partial charge >= 0.3 is 0 Å². The van der Waals surface area contributed by atoms with E-state index in [0.29, 0.717) is 12.5 Å². The molecule has 0 aliphatic carbocycles. The van der Waals surface area contributed by atoms with Crippen molar-refractivity contribution in [3.05, 3.63) is 0 Å². The highest BCUT2D eigenvalue weighted by Crippen LogP contribution is 2.25. The molecule has 58 valence electrons. The SMILES string of the molecule is CC1CNC2C(O)COC12. The van der Waals surface area contributed by atoms with Crippen LogP contribution in [0, 0.1) is 5.92 Å². The Morgan fingerprint density at radius 1 is 1.60 bits per heavy atom. The van der Waals surface area contributed by atoms with E-state index in [0.717, 1.165) is 6.54 Å². The Morgan fingerprint density at radius 3 is 3.10 bits per heavy atom. The molecule has 0 amide bonds. The van der Waals surface area contributed by atoms with E-state index >= 15 is 0 Å². The van der Waals surface area contributed by atoms with E-state index in [9.17, 15) is 5.11 Å². The molecule has 0 radical (unpaired) electrons. The zero-order valence-corrected chi connectivity index (χ0v) is 6.08. The van der Waals surface area contributed by atoms with Gasteiger partial charge in [0.2, 0.25) is 0 Å². The van der Waals surface area contributed by atoms with Crippen LogP contribution in [0.15, 0.2) is 0 Å². The number of hydrogen-bond donors (Lipinski definition) is 2. The molecule has 4 unspecified atom stereocenters. The Kier molecular flexibility index (Phi) is 1.44. The first-order chi connectivity index (χ1) is 4.79. The van der Waals surface area contributed by atoms with Gasteiger partial charge in [0.05, 0.1) is 24.9 Å². The Balaban J connectivity index is 2.09. The lowest BCUT2D eigenvalue weighted by Crippen LogP contribution is -2.36. The predicted octanol–water partition coefficient (Wildman–Crippen LogP) is -0.646. The van der Waals surface area contributed by atoms with Crippen molar-refractivity contribution in [1.29, 1.82) is 0 Å². The molecule has 2 fully saturated rings. The second-order valence-electron chi connectivity index (χ2n) is 3.28. The highest BCUT2D eigenvalue weighted by molar-refractivity contribution is 4.97. The molecule has 2 saturated heterocycles. The topological polar surface area (TPSA) is 41.5 Å². The van der Waals surface area contributed by atoms with E-state index in [-0.39, 0.29) is 18.2 Å². The molecule has 0 aromatic carbocycles. The summed E-state index contributed by atoms with van der Waals surface area (Å²) in [4.78, 5) is 0. The van der Waals surface area contributed by atoms with Crippen LogP contribution in [0.5, 0.6) is 0 Å². The summed E-state index contributed by atoms with van der Waals surface area (Å²) in [5.41, 5.74) is 0. The summed E-state index contributed by atoms with van der Waals surface area (Å²) in [5.74, 6) is 0.558. The molecule has 2 aliphatic rings. The molecule has 0 spiro atoms. The molecule has 3 nitrogen and oxygen atoms in total. The third-order valence-corrected chi connectivity index (χ3v) is 2.46. The number of aliphatic hydroxyl groups is 1. The Labute approximate surface area is 60.4 Å². The average Bonchev–Trinajstić information content (AvgIpc) is 2.41. The summed E-state index contributed by atoms with van der Waals surface area (Å²) < 4.78 is 5.39. The molecule has 10 heavy (non-hydrogen) atoms. The number of nitrogens with one attached hydrogen (secondary N) is 1. The molecule has 0 bridgehead atoms. The van der Waals surface area contributed by atoms with E-state index in [4.69, 9.17) is 4.74 Å². The highest BCUT2D eigenvalue weighted by atomic mass is 16.5. The smallest absolute Gasteiger partial charge is 0.0951 e. The molecule has 0 aromatic heterocycles. The molecular weight excluding hydrogens is 130 g/mol. The first-order valence-electron chi connectivity index (χ1n) is 3.82. The maximum atomic E-state index is 9.33. The quantitative estimate of drug-likeness (QED) is 0.473. The van der Waals surface area contributed by atoms with E-state index in [2.05, 4.69) is 12.2 Å². The summed E-state index contributed by atoms with van der Waals surface area (Å²) in [5, 5.41) is 12.6. The highest BCUT2D eigenvalue weighted by Gasteiger charge is 2.43. The van der Waals surface area contributed by atoms with Gasteiger partial charge in [0.25, 0.3) is 0 Å². The van der Waals surface area contributed by atoms with E-state index in [1.165, 1.54) is 0 Å². The summed E-state index contributed by atoms with van der Waals surface area (Å²) >= 11 is 0. The first-order valence-corrected chi connectivity index (χ1v) is 3.82. The van der Waals surface area contributed by atoms with Crippen molar-refractivity contribution in [1.82, 2.24) is 5.32 Å². The molecule has 2 rings (SSSR count). The molecule has 0 saturated carbocycles. The number of ether oxygens (including phenoxy) is 1. The van der Waals surface area contributed by atoms with Gasteiger partial charge in [0.15, 0.2) is 0 Å². The fraction of sp³-hybridized carbons (Fsp3) is 1.00. The van der Waals surface area contributed by atoms with Crippen LogP contribution in [0.25, 0.3) is 0 Å². The van der Waals surface area contributed by atoms with Gasteiger partial charge in [-0.25, -0.2) is 0 Å². The van der Waals surface area contributed by atoms with Crippen molar-refractivity contribution in [2.45, 2.75) is 25.2 Å². The maximum Gasteiger partial charge on any atom is 0.0951 e. The molecule has 2 aliphatic heterocycles. The minimum absolute atomic E-state index is 0.204. The van der Waals surface area contributed by atoms with Gasteiger partial charge in [-0.1, -0.05) is 6.92 Å². The monoisotopic (exact) mass is 143 g/mol. The van der Waals surface area contributed by atoms with Crippen molar-refractivity contribution in [2.75, 3.05) is 13.2 Å². The zero-order valence-electron chi connectivity index (χ0n) is 6.08. The van der Waals surface area contributed by atoms with Crippen LogP contribution in [0.1, 0.15) is 6.92 Å². The molecule has 4 atom stereocenters. The van der Waals surface area contributed by atoms with Crippen LogP contribution in [-0.2, 0) is 4.74 Å². The van der Waals surface area contributed by atoms with Crippen LogP contribution >= 0.6 is 0 Å². The fourth-order valence-electron chi connectivity index (χ4n) is 1.84. The Morgan fingerprint density at radius 2 is 2.40 bits per heavy atom. The van der Waals surface area contributed by atoms with Crippen LogP contribution < -0.4 is 5.32 Å². The normalized spacial score (nSPS) is 53.4. The van der Waals surface area contributed by atoms with E-state index in [1.54, 1.807) is 0 Å². The molecule has 0 aromatic rings.